The summed E-state index contributed by atoms with van der Waals surface area (Å²) in [5, 5.41) is 7.84. The van der Waals surface area contributed by atoms with Crippen molar-refractivity contribution in [2.75, 3.05) is 18.5 Å². The first-order chi connectivity index (χ1) is 9.30. The van der Waals surface area contributed by atoms with Gasteiger partial charge in [0.2, 0.25) is 10.0 Å². The Morgan fingerprint density at radius 1 is 1.35 bits per heavy atom. The third kappa shape index (κ3) is 5.85. The molecule has 0 saturated carbocycles. The van der Waals surface area contributed by atoms with Crippen molar-refractivity contribution >= 4 is 15.7 Å². The van der Waals surface area contributed by atoms with Crippen LogP contribution in [0.4, 0.5) is 10.1 Å². The molecule has 0 fully saturated rings. The Labute approximate surface area is 119 Å². The Morgan fingerprint density at radius 2 is 2.05 bits per heavy atom. The highest BCUT2D eigenvalue weighted by Crippen LogP contribution is 2.18. The Kier molecular flexibility index (Phi) is 6.38. The summed E-state index contributed by atoms with van der Waals surface area (Å²) in [4.78, 5) is -0.231. The number of benzene rings is 1. The summed E-state index contributed by atoms with van der Waals surface area (Å²) in [5.41, 5.74) is 0.266. The predicted octanol–water partition coefficient (Wildman–Crippen LogP) is 2.09. The molecule has 0 unspecified atom stereocenters. The fraction of sp³-hybridized carbons (Fsp3) is 0.538. The minimum Gasteiger partial charge on any atom is -0.383 e. The monoisotopic (exact) mass is 304 g/mol. The van der Waals surface area contributed by atoms with Crippen molar-refractivity contribution in [2.45, 2.75) is 37.7 Å². The van der Waals surface area contributed by atoms with E-state index in [1.807, 2.05) is 13.8 Å². The number of hydrogen-bond donors (Lipinski definition) is 2. The van der Waals surface area contributed by atoms with Gasteiger partial charge in [0, 0.05) is 13.2 Å². The summed E-state index contributed by atoms with van der Waals surface area (Å²) < 4.78 is 41.2. The van der Waals surface area contributed by atoms with Crippen molar-refractivity contribution in [3.8, 4) is 0 Å². The first-order valence-corrected chi connectivity index (χ1v) is 8.03. The molecule has 0 aromatic heterocycles. The number of unbranched alkanes of at least 4 members (excludes halogenated alkanes) is 1. The minimum absolute atomic E-state index is 0.214. The van der Waals surface area contributed by atoms with Gasteiger partial charge in [-0.05, 0) is 44.9 Å². The molecule has 1 aromatic carbocycles. The number of sulfonamides is 1. The zero-order chi connectivity index (χ0) is 15.2. The Bertz CT molecular complexity index is 532. The third-order valence-electron chi connectivity index (χ3n) is 2.61. The molecule has 7 heteroatoms. The van der Waals surface area contributed by atoms with Crippen LogP contribution in [0.5, 0.6) is 0 Å². The summed E-state index contributed by atoms with van der Waals surface area (Å²) in [6.07, 6.45) is 1.93. The average molecular weight is 304 g/mol. The van der Waals surface area contributed by atoms with E-state index < -0.39 is 15.8 Å². The molecule has 0 aliphatic heterocycles. The van der Waals surface area contributed by atoms with Crippen LogP contribution in [-0.2, 0) is 14.8 Å². The first-order valence-electron chi connectivity index (χ1n) is 6.48. The van der Waals surface area contributed by atoms with Crippen molar-refractivity contribution in [2.24, 2.45) is 5.14 Å². The quantitative estimate of drug-likeness (QED) is 0.721. The van der Waals surface area contributed by atoms with Gasteiger partial charge < -0.3 is 10.1 Å². The van der Waals surface area contributed by atoms with Gasteiger partial charge in [-0.3, -0.25) is 0 Å². The average Bonchev–Trinajstić information content (AvgIpc) is 2.33. The molecular formula is C13H21FN2O3S. The van der Waals surface area contributed by atoms with Crippen LogP contribution in [0.25, 0.3) is 0 Å². The molecule has 0 spiro atoms. The lowest BCUT2D eigenvalue weighted by molar-refractivity contribution is 0.0765. The molecule has 1 aromatic rings. The Hall–Kier alpha value is -1.18. The van der Waals surface area contributed by atoms with E-state index in [-0.39, 0.29) is 16.7 Å². The summed E-state index contributed by atoms with van der Waals surface area (Å²) in [6.45, 7) is 5.21. The molecule has 114 valence electrons. The molecule has 0 aliphatic rings. The highest BCUT2D eigenvalue weighted by molar-refractivity contribution is 7.89. The summed E-state index contributed by atoms with van der Waals surface area (Å²) in [7, 11) is -3.87. The zero-order valence-electron chi connectivity index (χ0n) is 11.7. The van der Waals surface area contributed by atoms with E-state index in [0.717, 1.165) is 18.9 Å². The number of hydrogen-bond acceptors (Lipinski definition) is 4. The van der Waals surface area contributed by atoms with Crippen molar-refractivity contribution in [3.05, 3.63) is 24.0 Å². The summed E-state index contributed by atoms with van der Waals surface area (Å²) >= 11 is 0. The molecule has 0 atom stereocenters. The standard InChI is InChI=1S/C13H21FN2O3S/c1-10(2)19-8-4-3-7-16-13-6-5-11(9-12(13)14)20(15,17)18/h5-6,9-10,16H,3-4,7-8H2,1-2H3,(H2,15,17,18). The molecule has 0 bridgehead atoms. The van der Waals surface area contributed by atoms with Gasteiger partial charge in [0.1, 0.15) is 5.82 Å². The maximum Gasteiger partial charge on any atom is 0.238 e. The van der Waals surface area contributed by atoms with Crippen LogP contribution in [0.1, 0.15) is 26.7 Å². The van der Waals surface area contributed by atoms with Crippen molar-refractivity contribution in [3.63, 3.8) is 0 Å². The SMILES string of the molecule is CC(C)OCCCCNc1ccc(S(N)(=O)=O)cc1F. The second-order valence-corrected chi connectivity index (χ2v) is 6.30. The van der Waals surface area contributed by atoms with Crippen LogP contribution in [0.15, 0.2) is 23.1 Å². The molecule has 3 N–H and O–H groups in total. The van der Waals surface area contributed by atoms with E-state index >= 15 is 0 Å². The van der Waals surface area contributed by atoms with Gasteiger partial charge in [-0.25, -0.2) is 17.9 Å². The van der Waals surface area contributed by atoms with Gasteiger partial charge in [-0.2, -0.15) is 0 Å². The van der Waals surface area contributed by atoms with Crippen molar-refractivity contribution < 1.29 is 17.5 Å². The van der Waals surface area contributed by atoms with Gasteiger partial charge in [0.15, 0.2) is 0 Å². The summed E-state index contributed by atoms with van der Waals surface area (Å²) in [5.74, 6) is -0.630. The number of ether oxygens (including phenoxy) is 1. The normalized spacial score (nSPS) is 11.8. The van der Waals surface area contributed by atoms with E-state index in [1.165, 1.54) is 12.1 Å². The molecule has 0 aliphatic carbocycles. The Morgan fingerprint density at radius 3 is 2.60 bits per heavy atom. The number of rotatable bonds is 8. The molecule has 1 rings (SSSR count). The highest BCUT2D eigenvalue weighted by Gasteiger charge is 2.11. The van der Waals surface area contributed by atoms with Crippen LogP contribution in [-0.4, -0.2) is 27.7 Å². The number of anilines is 1. The smallest absolute Gasteiger partial charge is 0.238 e. The van der Waals surface area contributed by atoms with Gasteiger partial charge in [-0.15, -0.1) is 0 Å². The topological polar surface area (TPSA) is 81.4 Å². The number of nitrogens with one attached hydrogen (secondary N) is 1. The van der Waals surface area contributed by atoms with E-state index in [2.05, 4.69) is 5.32 Å². The maximum atomic E-state index is 13.7. The largest absolute Gasteiger partial charge is 0.383 e. The van der Waals surface area contributed by atoms with Crippen LogP contribution in [0, 0.1) is 5.82 Å². The maximum absolute atomic E-state index is 13.7. The van der Waals surface area contributed by atoms with Crippen LogP contribution in [0.3, 0.4) is 0 Å². The van der Waals surface area contributed by atoms with Crippen LogP contribution >= 0.6 is 0 Å². The molecule has 0 heterocycles. The van der Waals surface area contributed by atoms with Gasteiger partial charge in [-0.1, -0.05) is 0 Å². The predicted molar refractivity (Wildman–Crippen MR) is 76.6 cm³/mol. The minimum atomic E-state index is -3.87. The van der Waals surface area contributed by atoms with Crippen molar-refractivity contribution in [1.29, 1.82) is 0 Å². The fourth-order valence-corrected chi connectivity index (χ4v) is 2.11. The first kappa shape index (κ1) is 16.9. The lowest BCUT2D eigenvalue weighted by Crippen LogP contribution is -2.13. The number of halogens is 1. The van der Waals surface area contributed by atoms with Crippen LogP contribution < -0.4 is 10.5 Å². The third-order valence-corrected chi connectivity index (χ3v) is 3.52. The van der Waals surface area contributed by atoms with E-state index in [1.54, 1.807) is 0 Å². The Balaban J connectivity index is 2.42. The molecular weight excluding hydrogens is 283 g/mol. The molecule has 0 amide bonds. The van der Waals surface area contributed by atoms with Gasteiger partial charge in [0.05, 0.1) is 16.7 Å². The van der Waals surface area contributed by atoms with E-state index in [4.69, 9.17) is 9.88 Å². The van der Waals surface area contributed by atoms with Gasteiger partial charge in [0.25, 0.3) is 0 Å². The number of nitrogens with two attached hydrogens (primary N) is 1. The lowest BCUT2D eigenvalue weighted by atomic mass is 10.2. The zero-order valence-corrected chi connectivity index (χ0v) is 12.5. The lowest BCUT2D eigenvalue weighted by Gasteiger charge is -2.10. The molecule has 0 saturated heterocycles. The highest BCUT2D eigenvalue weighted by atomic mass is 32.2. The van der Waals surface area contributed by atoms with E-state index in [9.17, 15) is 12.8 Å². The molecule has 5 nitrogen and oxygen atoms in total. The van der Waals surface area contributed by atoms with Gasteiger partial charge >= 0.3 is 0 Å². The van der Waals surface area contributed by atoms with Crippen molar-refractivity contribution in [1.82, 2.24) is 0 Å². The second kappa shape index (κ2) is 7.56. The number of primary sulfonamides is 1. The fourth-order valence-electron chi connectivity index (χ4n) is 1.59. The molecule has 0 radical (unpaired) electrons. The summed E-state index contributed by atoms with van der Waals surface area (Å²) in [6, 6.07) is 3.57. The van der Waals surface area contributed by atoms with Crippen LogP contribution in [0.2, 0.25) is 0 Å². The van der Waals surface area contributed by atoms with E-state index in [0.29, 0.717) is 13.2 Å². The molecule has 20 heavy (non-hydrogen) atoms. The second-order valence-electron chi connectivity index (χ2n) is 4.74.